The number of nitrogens with two attached hydrogens (primary N) is 1. The quantitative estimate of drug-likeness (QED) is 0.378. The van der Waals surface area contributed by atoms with E-state index in [1.165, 1.54) is 26.0 Å². The van der Waals surface area contributed by atoms with Gasteiger partial charge in [-0.25, -0.2) is 8.78 Å². The summed E-state index contributed by atoms with van der Waals surface area (Å²) in [4.78, 5) is 49.0. The molecule has 10 heteroatoms. The van der Waals surface area contributed by atoms with Gasteiger partial charge < -0.3 is 21.3 Å². The van der Waals surface area contributed by atoms with Gasteiger partial charge in [0.2, 0.25) is 5.91 Å². The van der Waals surface area contributed by atoms with E-state index < -0.39 is 64.6 Å². The number of carbonyl (C=O) groups excluding carboxylic acids is 2. The van der Waals surface area contributed by atoms with E-state index in [0.717, 1.165) is 12.1 Å². The molecule has 162 valence electrons. The van der Waals surface area contributed by atoms with Crippen molar-refractivity contribution in [3.05, 3.63) is 47.5 Å². The third-order valence-corrected chi connectivity index (χ3v) is 5.42. The number of allylic oxidation sites excluding steroid dienone is 1. The molecule has 8 nitrogen and oxygen atoms in total. The van der Waals surface area contributed by atoms with Crippen LogP contribution < -0.4 is 11.1 Å². The van der Waals surface area contributed by atoms with Crippen molar-refractivity contribution in [1.82, 2.24) is 5.32 Å². The Balaban J connectivity index is 2.25. The lowest BCUT2D eigenvalue weighted by molar-refractivity contribution is -0.163. The van der Waals surface area contributed by atoms with E-state index in [9.17, 15) is 38.2 Å². The molecule has 0 aliphatic heterocycles. The van der Waals surface area contributed by atoms with Crippen molar-refractivity contribution >= 4 is 23.6 Å². The number of hydrogen-bond acceptors (Lipinski definition) is 5. The van der Waals surface area contributed by atoms with Crippen LogP contribution in [0.15, 0.2) is 30.4 Å². The average molecular weight is 424 g/mol. The number of amides is 1. The Morgan fingerprint density at radius 1 is 1.17 bits per heavy atom. The second kappa shape index (κ2) is 8.31. The maximum atomic E-state index is 13.3. The Kier molecular flexibility index (Phi) is 6.41. The molecule has 1 aromatic carbocycles. The predicted octanol–water partition coefficient (Wildman–Crippen LogP) is 1.03. The third kappa shape index (κ3) is 4.09. The molecule has 0 heterocycles. The van der Waals surface area contributed by atoms with E-state index in [1.807, 2.05) is 0 Å². The summed E-state index contributed by atoms with van der Waals surface area (Å²) >= 11 is 0. The van der Waals surface area contributed by atoms with Gasteiger partial charge in [-0.1, -0.05) is 12.2 Å². The topological polar surface area (TPSA) is 147 Å². The largest absolute Gasteiger partial charge is 0.481 e. The Morgan fingerprint density at radius 2 is 1.73 bits per heavy atom. The smallest absolute Gasteiger partial charge is 0.319 e. The van der Waals surface area contributed by atoms with Crippen molar-refractivity contribution in [3.8, 4) is 0 Å². The van der Waals surface area contributed by atoms with Gasteiger partial charge >= 0.3 is 11.9 Å². The van der Waals surface area contributed by atoms with Crippen LogP contribution in [0, 0.1) is 22.5 Å². The van der Waals surface area contributed by atoms with Crippen LogP contribution in [0.25, 0.3) is 0 Å². The van der Waals surface area contributed by atoms with E-state index in [4.69, 9.17) is 5.73 Å². The molecule has 0 bridgehead atoms. The molecule has 3 unspecified atom stereocenters. The summed E-state index contributed by atoms with van der Waals surface area (Å²) in [5.41, 5.74) is 1.92. The zero-order chi connectivity index (χ0) is 22.9. The summed E-state index contributed by atoms with van der Waals surface area (Å²) < 4.78 is 26.5. The maximum Gasteiger partial charge on any atom is 0.319 e. The summed E-state index contributed by atoms with van der Waals surface area (Å²) in [7, 11) is 0. The first-order chi connectivity index (χ1) is 13.8. The van der Waals surface area contributed by atoms with Crippen molar-refractivity contribution < 1.29 is 38.2 Å². The highest BCUT2D eigenvalue weighted by atomic mass is 19.1. The second-order valence-corrected chi connectivity index (χ2v) is 7.56. The number of Topliss-reactive ketones (excluding diaryl/α,β-unsaturated/α-hetero) is 1. The number of carboxylic acid groups (broad SMARTS) is 2. The summed E-state index contributed by atoms with van der Waals surface area (Å²) in [5, 5.41) is 21.6. The highest BCUT2D eigenvalue weighted by molar-refractivity contribution is 6.08. The zero-order valence-corrected chi connectivity index (χ0v) is 16.3. The van der Waals surface area contributed by atoms with Crippen LogP contribution >= 0.6 is 0 Å². The van der Waals surface area contributed by atoms with E-state index in [-0.39, 0.29) is 12.0 Å². The minimum atomic E-state index is -2.28. The second-order valence-electron chi connectivity index (χ2n) is 7.56. The highest BCUT2D eigenvalue weighted by Crippen LogP contribution is 2.43. The van der Waals surface area contributed by atoms with Gasteiger partial charge in [-0.05, 0) is 38.0 Å². The zero-order valence-electron chi connectivity index (χ0n) is 16.3. The standard InChI is InChI=1S/C20H22F2N2O6/c1-10(24-14(25)8-11-6-12(21)9-13(22)7-11)15(26)20(18(29)30)5-3-4-19(2,16(20)23)17(27)28/h3-4,6-7,9-10,16H,5,8,23H2,1-2H3,(H,24,25)(H,27,28)(H,29,30)/t10?,16?,19?,20-/m1/s1. The van der Waals surface area contributed by atoms with Crippen molar-refractivity contribution in [2.75, 3.05) is 0 Å². The Morgan fingerprint density at radius 3 is 2.23 bits per heavy atom. The van der Waals surface area contributed by atoms with Gasteiger partial charge in [-0.3, -0.25) is 19.2 Å². The van der Waals surface area contributed by atoms with E-state index >= 15 is 0 Å². The predicted molar refractivity (Wildman–Crippen MR) is 100 cm³/mol. The summed E-state index contributed by atoms with van der Waals surface area (Å²) in [6, 6.07) is -0.402. The molecule has 0 saturated heterocycles. The van der Waals surface area contributed by atoms with E-state index in [0.29, 0.717) is 6.07 Å². The molecule has 0 saturated carbocycles. The van der Waals surface area contributed by atoms with Crippen molar-refractivity contribution in [1.29, 1.82) is 0 Å². The van der Waals surface area contributed by atoms with Gasteiger partial charge in [0.15, 0.2) is 5.78 Å². The average Bonchev–Trinajstić information content (AvgIpc) is 2.62. The van der Waals surface area contributed by atoms with Crippen LogP contribution in [-0.2, 0) is 25.6 Å². The normalized spacial score (nSPS) is 26.6. The molecular weight excluding hydrogens is 402 g/mol. The summed E-state index contributed by atoms with van der Waals surface area (Å²) in [6.07, 6.45) is 1.72. The first-order valence-corrected chi connectivity index (χ1v) is 9.03. The molecular formula is C20H22F2N2O6. The highest BCUT2D eigenvalue weighted by Gasteiger charge is 2.60. The van der Waals surface area contributed by atoms with Crippen LogP contribution in [-0.4, -0.2) is 45.9 Å². The first kappa shape index (κ1) is 23.1. The van der Waals surface area contributed by atoms with Crippen LogP contribution in [0.5, 0.6) is 0 Å². The Bertz CT molecular complexity index is 914. The monoisotopic (exact) mass is 424 g/mol. The molecule has 1 aromatic rings. The number of nitrogens with one attached hydrogen (secondary N) is 1. The molecule has 1 aliphatic carbocycles. The minimum Gasteiger partial charge on any atom is -0.481 e. The van der Waals surface area contributed by atoms with E-state index in [2.05, 4.69) is 5.32 Å². The fraction of sp³-hybridized carbons (Fsp3) is 0.400. The molecule has 1 aliphatic rings. The van der Waals surface area contributed by atoms with Crippen molar-refractivity contribution in [2.45, 2.75) is 38.8 Å². The molecule has 0 spiro atoms. The molecule has 2 rings (SSSR count). The fourth-order valence-corrected chi connectivity index (χ4v) is 3.66. The Labute approximate surface area is 170 Å². The van der Waals surface area contributed by atoms with Crippen LogP contribution in [0.4, 0.5) is 8.78 Å². The number of ketones is 1. The number of carbonyl (C=O) groups is 4. The maximum absolute atomic E-state index is 13.3. The van der Waals surface area contributed by atoms with Gasteiger partial charge in [-0.2, -0.15) is 0 Å². The lowest BCUT2D eigenvalue weighted by atomic mass is 9.59. The Hall–Kier alpha value is -3.14. The number of carboxylic acids is 2. The third-order valence-electron chi connectivity index (χ3n) is 5.42. The lowest BCUT2D eigenvalue weighted by Gasteiger charge is -2.44. The lowest BCUT2D eigenvalue weighted by Crippen LogP contribution is -2.65. The van der Waals surface area contributed by atoms with Gasteiger partial charge in [0.05, 0.1) is 17.9 Å². The van der Waals surface area contributed by atoms with Crippen LogP contribution in [0.3, 0.4) is 0 Å². The SMILES string of the molecule is CC(NC(=O)Cc1cc(F)cc(F)c1)C(=O)[C@]1(C(=O)O)CC=CC(C)(C(=O)O)C1N. The number of rotatable bonds is 7. The summed E-state index contributed by atoms with van der Waals surface area (Å²) in [5.74, 6) is -6.50. The van der Waals surface area contributed by atoms with Crippen LogP contribution in [0.2, 0.25) is 0 Å². The molecule has 5 N–H and O–H groups in total. The molecule has 0 aromatic heterocycles. The fourth-order valence-electron chi connectivity index (χ4n) is 3.66. The van der Waals surface area contributed by atoms with Gasteiger partial charge in [0.1, 0.15) is 17.0 Å². The molecule has 1 amide bonds. The molecule has 0 radical (unpaired) electrons. The minimum absolute atomic E-state index is 0.0216. The van der Waals surface area contributed by atoms with Crippen LogP contribution in [0.1, 0.15) is 25.8 Å². The number of benzene rings is 1. The molecule has 4 atom stereocenters. The summed E-state index contributed by atoms with van der Waals surface area (Å²) in [6.45, 7) is 2.45. The molecule has 0 fully saturated rings. The number of aliphatic carboxylic acids is 2. The van der Waals surface area contributed by atoms with Crippen molar-refractivity contribution in [2.24, 2.45) is 16.6 Å². The van der Waals surface area contributed by atoms with Gasteiger partial charge in [0, 0.05) is 12.1 Å². The number of hydrogen-bond donors (Lipinski definition) is 4. The molecule has 30 heavy (non-hydrogen) atoms. The van der Waals surface area contributed by atoms with Gasteiger partial charge in [0.25, 0.3) is 0 Å². The number of halogens is 2. The van der Waals surface area contributed by atoms with Gasteiger partial charge in [-0.15, -0.1) is 0 Å². The van der Waals surface area contributed by atoms with Crippen molar-refractivity contribution in [3.63, 3.8) is 0 Å². The van der Waals surface area contributed by atoms with E-state index in [1.54, 1.807) is 0 Å². The first-order valence-electron chi connectivity index (χ1n) is 9.03.